The zero-order valence-electron chi connectivity index (χ0n) is 12.2. The summed E-state index contributed by atoms with van der Waals surface area (Å²) in [7, 11) is -3.73. The third-order valence-electron chi connectivity index (χ3n) is 3.56. The number of nitro benzene ring substituents is 1. The van der Waals surface area contributed by atoms with Crippen molar-refractivity contribution in [2.45, 2.75) is 38.1 Å². The van der Waals surface area contributed by atoms with Crippen LogP contribution in [-0.4, -0.2) is 25.9 Å². The second-order valence-corrected chi connectivity index (χ2v) is 7.05. The van der Waals surface area contributed by atoms with Crippen molar-refractivity contribution in [1.29, 1.82) is 0 Å². The van der Waals surface area contributed by atoms with Gasteiger partial charge in [-0.1, -0.05) is 6.92 Å². The minimum Gasteiger partial charge on any atom is -0.380 e. The highest BCUT2D eigenvalue weighted by Crippen LogP contribution is 2.34. The Hall–Kier alpha value is -1.67. The third kappa shape index (κ3) is 3.33. The number of rotatable bonds is 6. The summed E-state index contributed by atoms with van der Waals surface area (Å²) in [6.07, 6.45) is 0.801. The summed E-state index contributed by atoms with van der Waals surface area (Å²) in [5, 5.41) is 14.0. The van der Waals surface area contributed by atoms with Gasteiger partial charge in [-0.15, -0.1) is 0 Å². The van der Waals surface area contributed by atoms with Crippen LogP contribution in [0.4, 0.5) is 11.4 Å². The molecule has 1 aliphatic rings. The van der Waals surface area contributed by atoms with Gasteiger partial charge < -0.3 is 5.32 Å². The molecule has 0 amide bonds. The predicted octanol–water partition coefficient (Wildman–Crippen LogP) is 2.02. The Kier molecular flexibility index (Phi) is 4.20. The molecule has 7 nitrogen and oxygen atoms in total. The quantitative estimate of drug-likeness (QED) is 0.618. The molecule has 21 heavy (non-hydrogen) atoms. The van der Waals surface area contributed by atoms with E-state index in [2.05, 4.69) is 10.0 Å². The molecule has 0 aliphatic heterocycles. The normalized spacial score (nSPS) is 21.1. The number of benzene rings is 1. The lowest BCUT2D eigenvalue weighted by Crippen LogP contribution is -2.27. The maximum atomic E-state index is 12.3. The van der Waals surface area contributed by atoms with E-state index in [0.717, 1.165) is 12.5 Å². The molecule has 0 bridgehead atoms. The van der Waals surface area contributed by atoms with Crippen LogP contribution in [0.2, 0.25) is 0 Å². The largest absolute Gasteiger partial charge is 0.380 e. The Balaban J connectivity index is 2.44. The minimum absolute atomic E-state index is 0.0325. The van der Waals surface area contributed by atoms with E-state index in [4.69, 9.17) is 0 Å². The van der Waals surface area contributed by atoms with Crippen LogP contribution in [0, 0.1) is 23.0 Å². The van der Waals surface area contributed by atoms with Gasteiger partial charge in [0, 0.05) is 18.7 Å². The number of nitrogens with zero attached hydrogens (tertiary/aromatic N) is 1. The van der Waals surface area contributed by atoms with Gasteiger partial charge in [0.15, 0.2) is 0 Å². The van der Waals surface area contributed by atoms with Crippen molar-refractivity contribution >= 4 is 21.4 Å². The lowest BCUT2D eigenvalue weighted by Gasteiger charge is -2.12. The first-order chi connectivity index (χ1) is 9.76. The summed E-state index contributed by atoms with van der Waals surface area (Å²) in [5.41, 5.74) is 0.586. The van der Waals surface area contributed by atoms with E-state index >= 15 is 0 Å². The first kappa shape index (κ1) is 15.7. The van der Waals surface area contributed by atoms with Crippen LogP contribution in [0.5, 0.6) is 0 Å². The maximum absolute atomic E-state index is 12.3. The molecule has 2 atom stereocenters. The van der Waals surface area contributed by atoms with Gasteiger partial charge in [-0.3, -0.25) is 10.1 Å². The van der Waals surface area contributed by atoms with E-state index in [1.165, 1.54) is 6.07 Å². The monoisotopic (exact) mass is 313 g/mol. The van der Waals surface area contributed by atoms with Crippen molar-refractivity contribution in [2.75, 3.05) is 11.9 Å². The Morgan fingerprint density at radius 3 is 2.52 bits per heavy atom. The number of nitro groups is 1. The van der Waals surface area contributed by atoms with Crippen LogP contribution in [-0.2, 0) is 10.0 Å². The molecule has 116 valence electrons. The van der Waals surface area contributed by atoms with Crippen molar-refractivity contribution in [3.63, 3.8) is 0 Å². The van der Waals surface area contributed by atoms with E-state index in [-0.39, 0.29) is 16.6 Å². The molecule has 8 heteroatoms. The summed E-state index contributed by atoms with van der Waals surface area (Å²) in [6, 6.07) is 2.57. The number of nitrogens with one attached hydrogen (secondary N) is 2. The highest BCUT2D eigenvalue weighted by atomic mass is 32.2. The molecular weight excluding hydrogens is 294 g/mol. The predicted molar refractivity (Wildman–Crippen MR) is 79.9 cm³/mol. The summed E-state index contributed by atoms with van der Waals surface area (Å²) in [4.78, 5) is 10.5. The highest BCUT2D eigenvalue weighted by molar-refractivity contribution is 7.89. The van der Waals surface area contributed by atoms with Crippen LogP contribution in [0.15, 0.2) is 17.0 Å². The van der Waals surface area contributed by atoms with E-state index in [0.29, 0.717) is 23.7 Å². The molecule has 0 spiro atoms. The average Bonchev–Trinajstić information content (AvgIpc) is 3.03. The molecular formula is C13H19N3O4S. The van der Waals surface area contributed by atoms with Crippen LogP contribution >= 0.6 is 0 Å². The first-order valence-electron chi connectivity index (χ1n) is 6.81. The fourth-order valence-electron chi connectivity index (χ4n) is 2.20. The smallest absolute Gasteiger partial charge is 0.293 e. The third-order valence-corrected chi connectivity index (χ3v) is 5.19. The zero-order valence-corrected chi connectivity index (χ0v) is 13.0. The number of anilines is 1. The van der Waals surface area contributed by atoms with E-state index in [9.17, 15) is 18.5 Å². The molecule has 1 fully saturated rings. The molecule has 0 aromatic heterocycles. The van der Waals surface area contributed by atoms with E-state index < -0.39 is 14.9 Å². The molecule has 0 radical (unpaired) electrons. The van der Waals surface area contributed by atoms with Crippen LogP contribution < -0.4 is 10.0 Å². The van der Waals surface area contributed by atoms with Crippen molar-refractivity contribution in [3.8, 4) is 0 Å². The van der Waals surface area contributed by atoms with Crippen LogP contribution in [0.25, 0.3) is 0 Å². The topological polar surface area (TPSA) is 101 Å². The van der Waals surface area contributed by atoms with Crippen LogP contribution in [0.3, 0.4) is 0 Å². The first-order valence-corrected chi connectivity index (χ1v) is 8.29. The number of aryl methyl sites for hydroxylation is 1. The van der Waals surface area contributed by atoms with Crippen molar-refractivity contribution in [3.05, 3.63) is 27.8 Å². The summed E-state index contributed by atoms with van der Waals surface area (Å²) >= 11 is 0. The van der Waals surface area contributed by atoms with Crippen molar-refractivity contribution < 1.29 is 13.3 Å². The molecule has 1 aliphatic carbocycles. The second-order valence-electron chi connectivity index (χ2n) is 5.36. The Morgan fingerprint density at radius 1 is 1.43 bits per heavy atom. The van der Waals surface area contributed by atoms with E-state index in [1.807, 2.05) is 13.8 Å². The molecule has 1 aromatic carbocycles. The van der Waals surface area contributed by atoms with Gasteiger partial charge in [0.25, 0.3) is 5.69 Å². The van der Waals surface area contributed by atoms with Gasteiger partial charge in [0.05, 0.1) is 9.82 Å². The molecule has 1 saturated carbocycles. The van der Waals surface area contributed by atoms with Crippen LogP contribution in [0.1, 0.15) is 25.8 Å². The standard InChI is InChI=1S/C13H19N3O4S/c1-4-14-11-6-9(3)13(7-12(11)16(17)18)21(19,20)15-10-5-8(10)2/h6-8,10,14-15H,4-5H2,1-3H3. The van der Waals surface area contributed by atoms with Gasteiger partial charge >= 0.3 is 0 Å². The van der Waals surface area contributed by atoms with E-state index in [1.54, 1.807) is 6.92 Å². The lowest BCUT2D eigenvalue weighted by molar-refractivity contribution is -0.384. The summed E-state index contributed by atoms with van der Waals surface area (Å²) in [6.45, 7) is 5.93. The highest BCUT2D eigenvalue weighted by Gasteiger charge is 2.37. The summed E-state index contributed by atoms with van der Waals surface area (Å²) in [5.74, 6) is 0.316. The van der Waals surface area contributed by atoms with Crippen molar-refractivity contribution in [1.82, 2.24) is 4.72 Å². The van der Waals surface area contributed by atoms with Gasteiger partial charge in [-0.25, -0.2) is 13.1 Å². The minimum atomic E-state index is -3.73. The fourth-order valence-corrected chi connectivity index (χ4v) is 3.80. The lowest BCUT2D eigenvalue weighted by atomic mass is 10.2. The number of hydrogen-bond acceptors (Lipinski definition) is 5. The van der Waals surface area contributed by atoms with Crippen molar-refractivity contribution in [2.24, 2.45) is 5.92 Å². The second kappa shape index (κ2) is 5.61. The average molecular weight is 313 g/mol. The Bertz CT molecular complexity index is 672. The number of hydrogen-bond donors (Lipinski definition) is 2. The molecule has 0 saturated heterocycles. The molecule has 1 aromatic rings. The zero-order chi connectivity index (χ0) is 15.8. The summed E-state index contributed by atoms with van der Waals surface area (Å²) < 4.78 is 27.3. The maximum Gasteiger partial charge on any atom is 0.293 e. The molecule has 2 N–H and O–H groups in total. The van der Waals surface area contributed by atoms with Gasteiger partial charge in [0.1, 0.15) is 5.69 Å². The van der Waals surface area contributed by atoms with Gasteiger partial charge in [-0.2, -0.15) is 0 Å². The molecule has 2 rings (SSSR count). The molecule has 2 unspecified atom stereocenters. The van der Waals surface area contributed by atoms with Gasteiger partial charge in [0.2, 0.25) is 10.0 Å². The molecule has 0 heterocycles. The Morgan fingerprint density at radius 2 is 2.05 bits per heavy atom. The SMILES string of the molecule is CCNc1cc(C)c(S(=O)(=O)NC2CC2C)cc1[N+](=O)[O-]. The fraction of sp³-hybridized carbons (Fsp3) is 0.538. The van der Waals surface area contributed by atoms with Gasteiger partial charge in [-0.05, 0) is 37.8 Å². The number of sulfonamides is 1. The Labute approximate surface area is 123 Å².